The van der Waals surface area contributed by atoms with Gasteiger partial charge in [0, 0.05) is 0 Å². The van der Waals surface area contributed by atoms with Crippen LogP contribution < -0.4 is 0 Å². The molecule has 0 spiro atoms. The summed E-state index contributed by atoms with van der Waals surface area (Å²) in [5, 5.41) is 0. The van der Waals surface area contributed by atoms with Gasteiger partial charge >= 0.3 is 84.0 Å². The van der Waals surface area contributed by atoms with Crippen molar-refractivity contribution in [3.05, 3.63) is 32.5 Å². The Morgan fingerprint density at radius 3 is 2.62 bits per heavy atom. The Balaban J connectivity index is 2.61. The van der Waals surface area contributed by atoms with Gasteiger partial charge in [0.2, 0.25) is 0 Å². The SMILES string of the molecule is [B]=C1/C(=C/C)Cc2sc(C)c(C)c21. The summed E-state index contributed by atoms with van der Waals surface area (Å²) >= 11 is 1.88. The summed E-state index contributed by atoms with van der Waals surface area (Å²) in [4.78, 5) is 2.85. The Morgan fingerprint density at radius 2 is 2.08 bits per heavy atom. The van der Waals surface area contributed by atoms with E-state index < -0.39 is 0 Å². The van der Waals surface area contributed by atoms with Crippen LogP contribution in [0, 0.1) is 13.8 Å². The van der Waals surface area contributed by atoms with Crippen molar-refractivity contribution in [2.24, 2.45) is 0 Å². The van der Waals surface area contributed by atoms with Crippen molar-refractivity contribution in [3.63, 3.8) is 0 Å². The fourth-order valence-electron chi connectivity index (χ4n) is 1.86. The Kier molecular flexibility index (Phi) is 2.03. The van der Waals surface area contributed by atoms with E-state index in [1.807, 2.05) is 11.3 Å². The van der Waals surface area contributed by atoms with E-state index in [9.17, 15) is 0 Å². The molecule has 1 aromatic rings. The third-order valence-corrected chi connectivity index (χ3v) is 3.98. The molecule has 0 atom stereocenters. The van der Waals surface area contributed by atoms with E-state index in [2.05, 4.69) is 26.8 Å². The van der Waals surface area contributed by atoms with Crippen molar-refractivity contribution < 1.29 is 0 Å². The van der Waals surface area contributed by atoms with Crippen molar-refractivity contribution in [1.82, 2.24) is 0 Å². The normalized spacial score (nSPS) is 18.3. The summed E-state index contributed by atoms with van der Waals surface area (Å²) < 4.78 is 0. The number of rotatable bonds is 0. The Hall–Kier alpha value is -0.625. The first kappa shape index (κ1) is 8.95. The minimum absolute atomic E-state index is 0.999. The molecule has 0 nitrogen and oxygen atoms in total. The van der Waals surface area contributed by atoms with E-state index in [1.165, 1.54) is 26.5 Å². The van der Waals surface area contributed by atoms with E-state index in [4.69, 9.17) is 7.49 Å². The number of thiophene rings is 1. The quantitative estimate of drug-likeness (QED) is 0.547. The predicted octanol–water partition coefficient (Wildman–Crippen LogP) is 2.56. The van der Waals surface area contributed by atoms with Gasteiger partial charge in [-0.1, -0.05) is 0 Å². The average molecular weight is 187 g/mol. The van der Waals surface area contributed by atoms with Crippen molar-refractivity contribution in [3.8, 4) is 0 Å². The van der Waals surface area contributed by atoms with Crippen LogP contribution in [0.3, 0.4) is 0 Å². The van der Waals surface area contributed by atoms with E-state index >= 15 is 0 Å². The van der Waals surface area contributed by atoms with Crippen molar-refractivity contribution >= 4 is 24.3 Å². The monoisotopic (exact) mass is 187 g/mol. The standard InChI is InChI=1S/C11H12BS/c1-4-8-5-9-10(11(8)12)6(2)7(3)13-9/h4H,5H2,1-3H3/b8-4+. The summed E-state index contributed by atoms with van der Waals surface area (Å²) in [6, 6.07) is 0. The van der Waals surface area contributed by atoms with Gasteiger partial charge in [-0.2, -0.15) is 0 Å². The van der Waals surface area contributed by atoms with Gasteiger partial charge in [0.25, 0.3) is 0 Å². The molecule has 0 N–H and O–H groups in total. The molecule has 0 aliphatic heterocycles. The van der Waals surface area contributed by atoms with Crippen LogP contribution in [-0.4, -0.2) is 13.0 Å². The average Bonchev–Trinajstić information content (AvgIpc) is 2.54. The molecule has 0 amide bonds. The molecule has 0 unspecified atom stereocenters. The van der Waals surface area contributed by atoms with Gasteiger partial charge in [-0.15, -0.1) is 0 Å². The Labute approximate surface area is 84.4 Å². The van der Waals surface area contributed by atoms with Gasteiger partial charge in [-0.05, 0) is 0 Å². The maximum absolute atomic E-state index is 6.07. The topological polar surface area (TPSA) is 0 Å². The molecule has 2 rings (SSSR count). The second-order valence-electron chi connectivity index (χ2n) is 3.49. The first-order valence-corrected chi connectivity index (χ1v) is 5.34. The molecule has 13 heavy (non-hydrogen) atoms. The van der Waals surface area contributed by atoms with Crippen molar-refractivity contribution in [2.75, 3.05) is 0 Å². The van der Waals surface area contributed by atoms with Crippen LogP contribution in [-0.2, 0) is 6.42 Å². The summed E-state index contributed by atoms with van der Waals surface area (Å²) in [6.07, 6.45) is 3.16. The molecule has 0 bridgehead atoms. The summed E-state index contributed by atoms with van der Waals surface area (Å²) in [5.41, 5.74) is 4.98. The first-order valence-electron chi connectivity index (χ1n) is 4.52. The number of allylic oxidation sites excluding steroid dienone is 2. The molecule has 1 aromatic heterocycles. The second kappa shape index (κ2) is 2.95. The molecule has 65 valence electrons. The van der Waals surface area contributed by atoms with Crippen LogP contribution in [0.25, 0.3) is 0 Å². The number of aryl methyl sites for hydroxylation is 1. The van der Waals surface area contributed by atoms with Gasteiger partial charge in [0.15, 0.2) is 0 Å². The van der Waals surface area contributed by atoms with Crippen LogP contribution in [0.5, 0.6) is 0 Å². The van der Waals surface area contributed by atoms with Gasteiger partial charge < -0.3 is 0 Å². The second-order valence-corrected chi connectivity index (χ2v) is 4.80. The molecule has 2 heteroatoms. The summed E-state index contributed by atoms with van der Waals surface area (Å²) in [6.45, 7) is 6.39. The first-order chi connectivity index (χ1) is 6.15. The maximum atomic E-state index is 6.07. The van der Waals surface area contributed by atoms with E-state index in [0.29, 0.717) is 0 Å². The van der Waals surface area contributed by atoms with Crippen LogP contribution in [0.1, 0.15) is 27.8 Å². The van der Waals surface area contributed by atoms with Crippen LogP contribution in [0.4, 0.5) is 0 Å². The van der Waals surface area contributed by atoms with E-state index in [-0.39, 0.29) is 0 Å². The predicted molar refractivity (Wildman–Crippen MR) is 61.1 cm³/mol. The summed E-state index contributed by atoms with van der Waals surface area (Å²) in [5.74, 6) is 0. The summed E-state index contributed by atoms with van der Waals surface area (Å²) in [7, 11) is 6.07. The number of hydrogen-bond acceptors (Lipinski definition) is 1. The number of fused-ring (bicyclic) bond motifs is 1. The fourth-order valence-corrected chi connectivity index (χ4v) is 3.08. The molecule has 0 saturated carbocycles. The van der Waals surface area contributed by atoms with E-state index in [1.54, 1.807) is 0 Å². The third-order valence-electron chi connectivity index (χ3n) is 2.77. The molecule has 1 heterocycles. The van der Waals surface area contributed by atoms with Gasteiger partial charge in [0.1, 0.15) is 0 Å². The Morgan fingerprint density at radius 1 is 1.38 bits per heavy atom. The molecule has 1 radical (unpaired) electrons. The zero-order chi connectivity index (χ0) is 9.59. The van der Waals surface area contributed by atoms with Gasteiger partial charge in [0.05, 0.1) is 0 Å². The van der Waals surface area contributed by atoms with Crippen molar-refractivity contribution in [1.29, 1.82) is 0 Å². The molecule has 0 fully saturated rings. The van der Waals surface area contributed by atoms with Gasteiger partial charge in [-0.25, -0.2) is 0 Å². The van der Waals surface area contributed by atoms with E-state index in [0.717, 1.165) is 11.9 Å². The van der Waals surface area contributed by atoms with Crippen LogP contribution >= 0.6 is 11.3 Å². The van der Waals surface area contributed by atoms with Crippen LogP contribution in [0.15, 0.2) is 11.6 Å². The molecule has 1 aliphatic rings. The molecule has 0 aromatic carbocycles. The van der Waals surface area contributed by atoms with Gasteiger partial charge in [-0.3, -0.25) is 0 Å². The zero-order valence-corrected chi connectivity index (χ0v) is 9.09. The number of hydrogen-bond donors (Lipinski definition) is 0. The van der Waals surface area contributed by atoms with Crippen LogP contribution in [0.2, 0.25) is 0 Å². The molecule has 0 saturated heterocycles. The Bertz CT molecular complexity index is 410. The molecular weight excluding hydrogens is 175 g/mol. The van der Waals surface area contributed by atoms with Crippen molar-refractivity contribution in [2.45, 2.75) is 27.2 Å². The zero-order valence-electron chi connectivity index (χ0n) is 8.27. The molecule has 1 aliphatic carbocycles. The minimum atomic E-state index is 0.999. The fraction of sp³-hybridized carbons (Fsp3) is 0.364. The molecular formula is C11H12BS. The third kappa shape index (κ3) is 1.16.